The van der Waals surface area contributed by atoms with Crippen LogP contribution in [0.5, 0.6) is 0 Å². The Balaban J connectivity index is 3.92. The van der Waals surface area contributed by atoms with E-state index < -0.39 is 6.10 Å². The van der Waals surface area contributed by atoms with Crippen molar-refractivity contribution in [1.29, 1.82) is 0 Å². The minimum atomic E-state index is -0.631. The number of aliphatic hydroxyl groups excluding tert-OH is 1. The van der Waals surface area contributed by atoms with Crippen LogP contribution in [0.4, 0.5) is 0 Å². The molecule has 0 radical (unpaired) electrons. The summed E-state index contributed by atoms with van der Waals surface area (Å²) in [5.41, 5.74) is 0. The molecule has 6 heteroatoms. The summed E-state index contributed by atoms with van der Waals surface area (Å²) in [5, 5.41) is 9.85. The molecule has 0 aromatic heterocycles. The summed E-state index contributed by atoms with van der Waals surface area (Å²) in [7, 11) is 1.61. The van der Waals surface area contributed by atoms with Gasteiger partial charge in [0.1, 0.15) is 0 Å². The van der Waals surface area contributed by atoms with Crippen molar-refractivity contribution in [3.05, 3.63) is 0 Å². The molecule has 0 aliphatic carbocycles. The number of likely N-dealkylation sites (N-methyl/N-ethyl adjacent to an activating group) is 1. The lowest BCUT2D eigenvalue weighted by Gasteiger charge is -2.23. The Morgan fingerprint density at radius 2 is 2.00 bits per heavy atom. The van der Waals surface area contributed by atoms with Gasteiger partial charge in [-0.05, 0) is 20.4 Å². The zero-order valence-electron chi connectivity index (χ0n) is 12.4. The largest absolute Gasteiger partial charge is 0.465 e. The molecular formula is C13H27NO5. The van der Waals surface area contributed by atoms with E-state index in [0.29, 0.717) is 26.3 Å². The third-order valence-electron chi connectivity index (χ3n) is 2.55. The molecule has 0 rings (SSSR count). The molecule has 114 valence electrons. The molecule has 0 aromatic carbocycles. The summed E-state index contributed by atoms with van der Waals surface area (Å²) in [6.45, 7) is 7.92. The van der Waals surface area contributed by atoms with Gasteiger partial charge < -0.3 is 19.3 Å². The number of ether oxygens (including phenoxy) is 3. The van der Waals surface area contributed by atoms with Gasteiger partial charge in [-0.15, -0.1) is 0 Å². The van der Waals surface area contributed by atoms with Crippen LogP contribution < -0.4 is 0 Å². The predicted molar refractivity (Wildman–Crippen MR) is 72.0 cm³/mol. The number of aliphatic hydroxyl groups is 1. The fraction of sp³-hybridized carbons (Fsp3) is 0.923. The van der Waals surface area contributed by atoms with E-state index in [0.717, 1.165) is 0 Å². The maximum Gasteiger partial charge on any atom is 0.320 e. The van der Waals surface area contributed by atoms with Crippen molar-refractivity contribution in [3.8, 4) is 0 Å². The second kappa shape index (κ2) is 11.2. The van der Waals surface area contributed by atoms with E-state index in [1.807, 2.05) is 18.7 Å². The van der Waals surface area contributed by atoms with E-state index in [1.54, 1.807) is 14.0 Å². The fourth-order valence-electron chi connectivity index (χ4n) is 1.60. The molecule has 0 bridgehead atoms. The Labute approximate surface area is 115 Å². The molecule has 2 atom stereocenters. The Morgan fingerprint density at radius 1 is 1.32 bits per heavy atom. The number of rotatable bonds is 11. The molecule has 0 saturated heterocycles. The predicted octanol–water partition coefficient (Wildman–Crippen LogP) is 0.284. The number of carbonyl (C=O) groups excluding carboxylic acids is 1. The molecule has 2 unspecified atom stereocenters. The zero-order valence-corrected chi connectivity index (χ0v) is 12.4. The van der Waals surface area contributed by atoms with E-state index >= 15 is 0 Å². The van der Waals surface area contributed by atoms with Gasteiger partial charge in [0.2, 0.25) is 0 Å². The fourth-order valence-corrected chi connectivity index (χ4v) is 1.60. The molecule has 0 aromatic rings. The van der Waals surface area contributed by atoms with Gasteiger partial charge in [-0.2, -0.15) is 0 Å². The summed E-state index contributed by atoms with van der Waals surface area (Å²) < 4.78 is 15.2. The highest BCUT2D eigenvalue weighted by Crippen LogP contribution is 1.98. The first-order chi connectivity index (χ1) is 9.03. The van der Waals surface area contributed by atoms with Crippen molar-refractivity contribution in [2.24, 2.45) is 0 Å². The molecule has 6 nitrogen and oxygen atoms in total. The van der Waals surface area contributed by atoms with Gasteiger partial charge in [0.15, 0.2) is 0 Å². The first-order valence-corrected chi connectivity index (χ1v) is 6.69. The third kappa shape index (κ3) is 9.84. The van der Waals surface area contributed by atoms with Crippen LogP contribution in [0.3, 0.4) is 0 Å². The number of esters is 1. The molecule has 19 heavy (non-hydrogen) atoms. The Morgan fingerprint density at radius 3 is 2.53 bits per heavy atom. The maximum absolute atomic E-state index is 11.4. The average molecular weight is 277 g/mol. The van der Waals surface area contributed by atoms with Crippen LogP contribution in [0.25, 0.3) is 0 Å². The highest BCUT2D eigenvalue weighted by Gasteiger charge is 2.15. The van der Waals surface area contributed by atoms with E-state index in [1.165, 1.54) is 0 Å². The third-order valence-corrected chi connectivity index (χ3v) is 2.55. The first-order valence-electron chi connectivity index (χ1n) is 6.69. The van der Waals surface area contributed by atoms with Gasteiger partial charge in [-0.25, -0.2) is 0 Å². The number of hydrogen-bond donors (Lipinski definition) is 1. The number of hydrogen-bond acceptors (Lipinski definition) is 6. The van der Waals surface area contributed by atoms with E-state index in [9.17, 15) is 9.90 Å². The van der Waals surface area contributed by atoms with Gasteiger partial charge in [-0.1, -0.05) is 6.92 Å². The van der Waals surface area contributed by atoms with Crippen LogP contribution in [0.15, 0.2) is 0 Å². The van der Waals surface area contributed by atoms with E-state index in [2.05, 4.69) is 0 Å². The molecule has 1 N–H and O–H groups in total. The summed E-state index contributed by atoms with van der Waals surface area (Å²) in [6.07, 6.45) is -0.687. The number of carbonyl (C=O) groups is 1. The smallest absolute Gasteiger partial charge is 0.320 e. The van der Waals surface area contributed by atoms with Crippen molar-refractivity contribution >= 4 is 5.97 Å². The lowest BCUT2D eigenvalue weighted by Crippen LogP contribution is -2.39. The molecule has 0 fully saturated rings. The lowest BCUT2D eigenvalue weighted by molar-refractivity contribution is -0.144. The van der Waals surface area contributed by atoms with Crippen LogP contribution in [0.1, 0.15) is 20.8 Å². The minimum absolute atomic E-state index is 0.0558. The van der Waals surface area contributed by atoms with E-state index in [-0.39, 0.29) is 25.2 Å². The van der Waals surface area contributed by atoms with Crippen molar-refractivity contribution < 1.29 is 24.1 Å². The van der Waals surface area contributed by atoms with Crippen LogP contribution in [0, 0.1) is 0 Å². The van der Waals surface area contributed by atoms with Gasteiger partial charge in [-0.3, -0.25) is 9.69 Å². The summed E-state index contributed by atoms with van der Waals surface area (Å²) in [6, 6.07) is 0. The van der Waals surface area contributed by atoms with Crippen LogP contribution in [-0.2, 0) is 19.0 Å². The number of nitrogens with zero attached hydrogens (tertiary/aromatic N) is 1. The van der Waals surface area contributed by atoms with Crippen LogP contribution in [-0.4, -0.2) is 74.7 Å². The molecule has 0 amide bonds. The quantitative estimate of drug-likeness (QED) is 0.547. The first kappa shape index (κ1) is 18.3. The Bertz CT molecular complexity index is 237. The van der Waals surface area contributed by atoms with Crippen molar-refractivity contribution in [1.82, 2.24) is 4.90 Å². The standard InChI is InChI=1S/C13H27NO5/c1-5-14(8-13(16)18-6-2)7-12(15)10-19-11(3)9-17-4/h11-12,15H,5-10H2,1-4H3. The van der Waals surface area contributed by atoms with Gasteiger partial charge in [0.05, 0.1) is 38.6 Å². The normalized spacial score (nSPS) is 14.4. The van der Waals surface area contributed by atoms with Gasteiger partial charge in [0, 0.05) is 13.7 Å². The summed E-state index contributed by atoms with van der Waals surface area (Å²) >= 11 is 0. The molecule has 0 aliphatic heterocycles. The van der Waals surface area contributed by atoms with Gasteiger partial charge >= 0.3 is 5.97 Å². The van der Waals surface area contributed by atoms with Gasteiger partial charge in [0.25, 0.3) is 0 Å². The van der Waals surface area contributed by atoms with Crippen molar-refractivity contribution in [2.75, 3.05) is 46.6 Å². The Kier molecular flexibility index (Phi) is 10.8. The second-order valence-corrected chi connectivity index (χ2v) is 4.39. The van der Waals surface area contributed by atoms with Crippen molar-refractivity contribution in [2.45, 2.75) is 33.0 Å². The van der Waals surface area contributed by atoms with E-state index in [4.69, 9.17) is 14.2 Å². The Hall–Kier alpha value is -0.690. The number of methoxy groups -OCH3 is 1. The lowest BCUT2D eigenvalue weighted by atomic mass is 10.3. The highest BCUT2D eigenvalue weighted by molar-refractivity contribution is 5.71. The zero-order chi connectivity index (χ0) is 14.7. The molecule has 0 saturated carbocycles. The molecular weight excluding hydrogens is 250 g/mol. The minimum Gasteiger partial charge on any atom is -0.465 e. The van der Waals surface area contributed by atoms with Crippen LogP contribution in [0.2, 0.25) is 0 Å². The van der Waals surface area contributed by atoms with Crippen LogP contribution >= 0.6 is 0 Å². The monoisotopic (exact) mass is 277 g/mol. The second-order valence-electron chi connectivity index (χ2n) is 4.39. The SMILES string of the molecule is CCOC(=O)CN(CC)CC(O)COC(C)COC. The molecule has 0 spiro atoms. The maximum atomic E-state index is 11.4. The molecule has 0 heterocycles. The summed E-state index contributed by atoms with van der Waals surface area (Å²) in [4.78, 5) is 13.2. The highest BCUT2D eigenvalue weighted by atomic mass is 16.5. The summed E-state index contributed by atoms with van der Waals surface area (Å²) in [5.74, 6) is -0.273. The molecule has 0 aliphatic rings. The van der Waals surface area contributed by atoms with Crippen molar-refractivity contribution in [3.63, 3.8) is 0 Å². The average Bonchev–Trinajstić information content (AvgIpc) is 2.36. The topological polar surface area (TPSA) is 68.2 Å².